The maximum absolute atomic E-state index is 6.10. The minimum atomic E-state index is 0.257. The normalized spacial score (nSPS) is 15.0. The summed E-state index contributed by atoms with van der Waals surface area (Å²) in [5.41, 5.74) is 0. The summed E-state index contributed by atoms with van der Waals surface area (Å²) < 4.78 is 5.18. The number of ether oxygens (including phenoxy) is 1. The van der Waals surface area contributed by atoms with E-state index in [1.165, 1.54) is 12.8 Å². The minimum Gasteiger partial charge on any atom is -0.383 e. The summed E-state index contributed by atoms with van der Waals surface area (Å²) in [6, 6.07) is 0. The topological polar surface area (TPSA) is 54.4 Å². The number of aromatic nitrogens is 3. The Morgan fingerprint density at radius 3 is 2.57 bits per heavy atom. The Balaban J connectivity index is 2.21. The van der Waals surface area contributed by atoms with E-state index in [0.29, 0.717) is 24.4 Å². The lowest BCUT2D eigenvalue weighted by atomic mass is 10.2. The van der Waals surface area contributed by atoms with Gasteiger partial charge in [-0.1, -0.05) is 13.8 Å². The standard InChI is InChI=1S/C14H24ClN5O/c1-11(2)10-20(8-9-21-3)14-17-12(15)16-13(18-14)19-6-4-5-7-19/h11H,4-10H2,1-3H3. The molecule has 118 valence electrons. The number of halogens is 1. The Kier molecular flexibility index (Phi) is 5.99. The van der Waals surface area contributed by atoms with Gasteiger partial charge in [0, 0.05) is 33.3 Å². The fourth-order valence-electron chi connectivity index (χ4n) is 2.44. The zero-order chi connectivity index (χ0) is 15.2. The number of methoxy groups -OCH3 is 1. The lowest BCUT2D eigenvalue weighted by molar-refractivity contribution is 0.204. The Hall–Kier alpha value is -1.14. The molecule has 0 amide bonds. The first-order chi connectivity index (χ1) is 10.1. The fourth-order valence-corrected chi connectivity index (χ4v) is 2.60. The summed E-state index contributed by atoms with van der Waals surface area (Å²) in [7, 11) is 1.70. The van der Waals surface area contributed by atoms with Crippen molar-refractivity contribution in [2.75, 3.05) is 49.7 Å². The summed E-state index contributed by atoms with van der Waals surface area (Å²) in [6.07, 6.45) is 2.36. The van der Waals surface area contributed by atoms with E-state index >= 15 is 0 Å². The molecule has 0 N–H and O–H groups in total. The van der Waals surface area contributed by atoms with Crippen molar-refractivity contribution in [2.24, 2.45) is 5.92 Å². The van der Waals surface area contributed by atoms with Crippen LogP contribution < -0.4 is 9.80 Å². The molecule has 1 fully saturated rings. The highest BCUT2D eigenvalue weighted by Gasteiger charge is 2.19. The summed E-state index contributed by atoms with van der Waals surface area (Å²) in [4.78, 5) is 17.5. The van der Waals surface area contributed by atoms with Crippen LogP contribution in [0.1, 0.15) is 26.7 Å². The van der Waals surface area contributed by atoms with E-state index in [9.17, 15) is 0 Å². The average molecular weight is 314 g/mol. The molecular formula is C14H24ClN5O. The third-order valence-electron chi connectivity index (χ3n) is 3.41. The van der Waals surface area contributed by atoms with Crippen LogP contribution in [0.15, 0.2) is 0 Å². The van der Waals surface area contributed by atoms with Crippen molar-refractivity contribution in [1.82, 2.24) is 15.0 Å². The lowest BCUT2D eigenvalue weighted by Gasteiger charge is -2.25. The largest absolute Gasteiger partial charge is 0.383 e. The molecule has 1 aliphatic rings. The van der Waals surface area contributed by atoms with Gasteiger partial charge in [-0.2, -0.15) is 15.0 Å². The van der Waals surface area contributed by atoms with Crippen LogP contribution in [-0.4, -0.2) is 54.8 Å². The van der Waals surface area contributed by atoms with Crippen LogP contribution in [0.4, 0.5) is 11.9 Å². The van der Waals surface area contributed by atoms with Gasteiger partial charge in [0.15, 0.2) is 0 Å². The average Bonchev–Trinajstić information content (AvgIpc) is 2.96. The molecule has 1 aliphatic heterocycles. The SMILES string of the molecule is COCCN(CC(C)C)c1nc(Cl)nc(N2CCCC2)n1. The van der Waals surface area contributed by atoms with Crippen molar-refractivity contribution < 1.29 is 4.74 Å². The predicted octanol–water partition coefficient (Wildman–Crippen LogP) is 2.23. The van der Waals surface area contributed by atoms with Gasteiger partial charge >= 0.3 is 0 Å². The number of anilines is 2. The minimum absolute atomic E-state index is 0.257. The zero-order valence-electron chi connectivity index (χ0n) is 13.0. The highest BCUT2D eigenvalue weighted by atomic mass is 35.5. The third kappa shape index (κ3) is 4.68. The smallest absolute Gasteiger partial charge is 0.231 e. The van der Waals surface area contributed by atoms with E-state index in [1.807, 2.05) is 0 Å². The first-order valence-electron chi connectivity index (χ1n) is 7.50. The van der Waals surface area contributed by atoms with Crippen LogP contribution in [0.2, 0.25) is 5.28 Å². The molecule has 0 spiro atoms. The molecule has 0 atom stereocenters. The number of hydrogen-bond acceptors (Lipinski definition) is 6. The summed E-state index contributed by atoms with van der Waals surface area (Å²) >= 11 is 6.10. The van der Waals surface area contributed by atoms with Gasteiger partial charge in [0.05, 0.1) is 6.61 Å². The van der Waals surface area contributed by atoms with Gasteiger partial charge in [-0.05, 0) is 30.4 Å². The Labute approximate surface area is 131 Å². The molecule has 0 aromatic carbocycles. The van der Waals surface area contributed by atoms with Crippen LogP contribution in [0, 0.1) is 5.92 Å². The van der Waals surface area contributed by atoms with E-state index in [0.717, 1.165) is 26.2 Å². The van der Waals surface area contributed by atoms with Crippen LogP contribution >= 0.6 is 11.6 Å². The molecule has 6 nitrogen and oxygen atoms in total. The Bertz CT molecular complexity index is 451. The molecule has 0 unspecified atom stereocenters. The van der Waals surface area contributed by atoms with Crippen molar-refractivity contribution >= 4 is 23.5 Å². The van der Waals surface area contributed by atoms with Crippen molar-refractivity contribution in [3.63, 3.8) is 0 Å². The molecule has 1 saturated heterocycles. The van der Waals surface area contributed by atoms with E-state index in [-0.39, 0.29) is 5.28 Å². The van der Waals surface area contributed by atoms with Gasteiger partial charge in [-0.25, -0.2) is 0 Å². The Morgan fingerprint density at radius 1 is 1.24 bits per heavy atom. The molecule has 0 saturated carbocycles. The van der Waals surface area contributed by atoms with Gasteiger partial charge in [-0.15, -0.1) is 0 Å². The number of rotatable bonds is 7. The number of nitrogens with zero attached hydrogens (tertiary/aromatic N) is 5. The van der Waals surface area contributed by atoms with E-state index in [1.54, 1.807) is 7.11 Å². The molecule has 21 heavy (non-hydrogen) atoms. The van der Waals surface area contributed by atoms with Crippen molar-refractivity contribution in [1.29, 1.82) is 0 Å². The first-order valence-corrected chi connectivity index (χ1v) is 7.88. The quantitative estimate of drug-likeness (QED) is 0.769. The predicted molar refractivity (Wildman–Crippen MR) is 85.2 cm³/mol. The van der Waals surface area contributed by atoms with Crippen LogP contribution in [0.25, 0.3) is 0 Å². The molecule has 0 aliphatic carbocycles. The van der Waals surface area contributed by atoms with E-state index in [4.69, 9.17) is 16.3 Å². The highest BCUT2D eigenvalue weighted by molar-refractivity contribution is 6.28. The third-order valence-corrected chi connectivity index (χ3v) is 3.58. The maximum Gasteiger partial charge on any atom is 0.231 e. The first kappa shape index (κ1) is 16.2. The Morgan fingerprint density at radius 2 is 1.95 bits per heavy atom. The monoisotopic (exact) mass is 313 g/mol. The lowest BCUT2D eigenvalue weighted by Crippen LogP contribution is -2.33. The highest BCUT2D eigenvalue weighted by Crippen LogP contribution is 2.20. The second-order valence-electron chi connectivity index (χ2n) is 5.73. The van der Waals surface area contributed by atoms with Gasteiger partial charge in [0.1, 0.15) is 0 Å². The fraction of sp³-hybridized carbons (Fsp3) is 0.786. The van der Waals surface area contributed by atoms with E-state index < -0.39 is 0 Å². The molecule has 0 bridgehead atoms. The van der Waals surface area contributed by atoms with Gasteiger partial charge < -0.3 is 14.5 Å². The summed E-state index contributed by atoms with van der Waals surface area (Å²) in [6.45, 7) is 8.56. The second kappa shape index (κ2) is 7.75. The van der Waals surface area contributed by atoms with Crippen molar-refractivity contribution in [2.45, 2.75) is 26.7 Å². The molecular weight excluding hydrogens is 290 g/mol. The molecule has 7 heteroatoms. The maximum atomic E-state index is 6.10. The number of hydrogen-bond donors (Lipinski definition) is 0. The van der Waals surface area contributed by atoms with E-state index in [2.05, 4.69) is 38.6 Å². The van der Waals surface area contributed by atoms with Crippen molar-refractivity contribution in [3.05, 3.63) is 5.28 Å². The van der Waals surface area contributed by atoms with Crippen LogP contribution in [0.3, 0.4) is 0 Å². The van der Waals surface area contributed by atoms with Gasteiger partial charge in [0.25, 0.3) is 0 Å². The van der Waals surface area contributed by atoms with Gasteiger partial charge in [0.2, 0.25) is 17.2 Å². The molecule has 2 heterocycles. The summed E-state index contributed by atoms with van der Waals surface area (Å²) in [5.74, 6) is 1.84. The molecule has 1 aromatic heterocycles. The summed E-state index contributed by atoms with van der Waals surface area (Å²) in [5, 5.41) is 0.257. The second-order valence-corrected chi connectivity index (χ2v) is 6.07. The zero-order valence-corrected chi connectivity index (χ0v) is 13.8. The molecule has 0 radical (unpaired) electrons. The van der Waals surface area contributed by atoms with Gasteiger partial charge in [-0.3, -0.25) is 0 Å². The molecule has 1 aromatic rings. The molecule has 2 rings (SSSR count). The van der Waals surface area contributed by atoms with Crippen LogP contribution in [-0.2, 0) is 4.74 Å². The van der Waals surface area contributed by atoms with Crippen LogP contribution in [0.5, 0.6) is 0 Å². The van der Waals surface area contributed by atoms with Crippen molar-refractivity contribution in [3.8, 4) is 0 Å².